The number of imidazole rings is 1. The van der Waals surface area contributed by atoms with Gasteiger partial charge >= 0.3 is 0 Å². The van der Waals surface area contributed by atoms with E-state index in [1.165, 1.54) is 29.2 Å². The molecule has 1 aliphatic heterocycles. The summed E-state index contributed by atoms with van der Waals surface area (Å²) in [5.41, 5.74) is 2.08. The lowest BCUT2D eigenvalue weighted by Crippen LogP contribution is -2.31. The van der Waals surface area contributed by atoms with Crippen molar-refractivity contribution >= 4 is 17.4 Å². The number of hydrogen-bond acceptors (Lipinski definition) is 4. The fourth-order valence-electron chi connectivity index (χ4n) is 3.81. The van der Waals surface area contributed by atoms with Crippen molar-refractivity contribution < 1.29 is 19.1 Å². The van der Waals surface area contributed by atoms with Crippen LogP contribution in [-0.2, 0) is 16.1 Å². The van der Waals surface area contributed by atoms with Crippen molar-refractivity contribution in [3.05, 3.63) is 95.3 Å². The number of benzene rings is 2. The van der Waals surface area contributed by atoms with Gasteiger partial charge in [0.15, 0.2) is 0 Å². The first-order chi connectivity index (χ1) is 15.0. The van der Waals surface area contributed by atoms with Crippen LogP contribution < -0.4 is 0 Å². The van der Waals surface area contributed by atoms with Crippen LogP contribution in [0.5, 0.6) is 0 Å². The Morgan fingerprint density at radius 1 is 1.06 bits per heavy atom. The molecule has 1 saturated heterocycles. The number of aromatic nitrogens is 2. The van der Waals surface area contributed by atoms with E-state index in [0.29, 0.717) is 19.5 Å². The third kappa shape index (κ3) is 4.12. The molecule has 1 fully saturated rings. The molecular weight excluding hydrogens is 397 g/mol. The summed E-state index contributed by atoms with van der Waals surface area (Å²) in [6.45, 7) is 2.92. The van der Waals surface area contributed by atoms with Crippen LogP contribution in [0.25, 0.3) is 5.76 Å². The second kappa shape index (κ2) is 8.55. The molecule has 1 N–H and O–H groups in total. The summed E-state index contributed by atoms with van der Waals surface area (Å²) < 4.78 is 15.2. The van der Waals surface area contributed by atoms with E-state index in [1.807, 2.05) is 42.0 Å². The molecular formula is C24H22FN3O3. The number of ketones is 1. The Morgan fingerprint density at radius 2 is 1.77 bits per heavy atom. The standard InChI is InChI=1S/C24H22FN3O3/c1-16-3-5-17(6-4-16)21-20(22(29)18-7-9-19(25)10-8-18)23(30)24(31)28(21)13-2-12-27-14-11-26-15-27/h3-11,14-15,21,29H,2,12-13H2,1H3/t21-/m1/s1. The fourth-order valence-corrected chi connectivity index (χ4v) is 3.81. The number of likely N-dealkylation sites (tertiary alicyclic amines) is 1. The molecule has 158 valence electrons. The molecule has 2 heterocycles. The number of nitrogens with zero attached hydrogens (tertiary/aromatic N) is 3. The van der Waals surface area contributed by atoms with E-state index in [2.05, 4.69) is 4.98 Å². The fraction of sp³-hybridized carbons (Fsp3) is 0.208. The first-order valence-corrected chi connectivity index (χ1v) is 10.0. The highest BCUT2D eigenvalue weighted by atomic mass is 19.1. The van der Waals surface area contributed by atoms with Crippen molar-refractivity contribution in [2.75, 3.05) is 6.54 Å². The Bertz CT molecular complexity index is 1120. The number of carbonyl (C=O) groups excluding carboxylic acids is 2. The van der Waals surface area contributed by atoms with Crippen LogP contribution in [-0.4, -0.2) is 37.8 Å². The molecule has 31 heavy (non-hydrogen) atoms. The molecule has 2 aromatic carbocycles. The monoisotopic (exact) mass is 419 g/mol. The molecule has 1 aromatic heterocycles. The first kappa shape index (κ1) is 20.5. The second-order valence-corrected chi connectivity index (χ2v) is 7.56. The lowest BCUT2D eigenvalue weighted by Gasteiger charge is -2.25. The van der Waals surface area contributed by atoms with Crippen LogP contribution in [0.3, 0.4) is 0 Å². The number of aryl methyl sites for hydroxylation is 2. The maximum absolute atomic E-state index is 13.3. The van der Waals surface area contributed by atoms with Gasteiger partial charge in [-0.05, 0) is 43.2 Å². The lowest BCUT2D eigenvalue weighted by molar-refractivity contribution is -0.139. The van der Waals surface area contributed by atoms with Crippen LogP contribution >= 0.6 is 0 Å². The number of amides is 1. The molecule has 6 nitrogen and oxygen atoms in total. The average Bonchev–Trinajstić information content (AvgIpc) is 3.37. The zero-order valence-corrected chi connectivity index (χ0v) is 17.0. The number of halogens is 1. The number of hydrogen-bond donors (Lipinski definition) is 1. The number of rotatable bonds is 6. The molecule has 3 aromatic rings. The van der Waals surface area contributed by atoms with E-state index >= 15 is 0 Å². The summed E-state index contributed by atoms with van der Waals surface area (Å²) in [4.78, 5) is 31.3. The minimum absolute atomic E-state index is 0.0168. The summed E-state index contributed by atoms with van der Waals surface area (Å²) >= 11 is 0. The van der Waals surface area contributed by atoms with Gasteiger partial charge in [-0.1, -0.05) is 29.8 Å². The van der Waals surface area contributed by atoms with Gasteiger partial charge < -0.3 is 14.6 Å². The quantitative estimate of drug-likeness (QED) is 0.374. The van der Waals surface area contributed by atoms with Crippen molar-refractivity contribution in [2.24, 2.45) is 0 Å². The van der Waals surface area contributed by atoms with Gasteiger partial charge in [0.25, 0.3) is 11.7 Å². The van der Waals surface area contributed by atoms with Crippen LogP contribution in [0.2, 0.25) is 0 Å². The molecule has 4 rings (SSSR count). The summed E-state index contributed by atoms with van der Waals surface area (Å²) in [5, 5.41) is 10.9. The Morgan fingerprint density at radius 3 is 2.42 bits per heavy atom. The minimum atomic E-state index is -0.741. The molecule has 0 radical (unpaired) electrons. The van der Waals surface area contributed by atoms with Gasteiger partial charge in [-0.2, -0.15) is 0 Å². The Labute approximate surface area is 179 Å². The van der Waals surface area contributed by atoms with Gasteiger partial charge in [0.05, 0.1) is 17.9 Å². The Balaban J connectivity index is 1.72. The van der Waals surface area contributed by atoms with Gasteiger partial charge in [-0.15, -0.1) is 0 Å². The van der Waals surface area contributed by atoms with Gasteiger partial charge in [0.2, 0.25) is 0 Å². The smallest absolute Gasteiger partial charge is 0.295 e. The maximum atomic E-state index is 13.3. The van der Waals surface area contributed by atoms with Crippen LogP contribution in [0.4, 0.5) is 4.39 Å². The van der Waals surface area contributed by atoms with Crippen molar-refractivity contribution in [3.8, 4) is 0 Å². The average molecular weight is 419 g/mol. The molecule has 0 saturated carbocycles. The van der Waals surface area contributed by atoms with E-state index in [1.54, 1.807) is 12.5 Å². The van der Waals surface area contributed by atoms with Crippen molar-refractivity contribution in [1.29, 1.82) is 0 Å². The SMILES string of the molecule is Cc1ccc([C@@H]2C(=C(O)c3ccc(F)cc3)C(=O)C(=O)N2CCCn2ccnc2)cc1. The normalized spacial score (nSPS) is 18.0. The first-order valence-electron chi connectivity index (χ1n) is 10.0. The molecule has 0 spiro atoms. The highest BCUT2D eigenvalue weighted by Crippen LogP contribution is 2.39. The van der Waals surface area contributed by atoms with Gasteiger partial charge in [0.1, 0.15) is 11.6 Å². The van der Waals surface area contributed by atoms with Crippen LogP contribution in [0.15, 0.2) is 72.8 Å². The molecule has 1 atom stereocenters. The third-order valence-electron chi connectivity index (χ3n) is 5.43. The van der Waals surface area contributed by atoms with Crippen molar-refractivity contribution in [3.63, 3.8) is 0 Å². The summed E-state index contributed by atoms with van der Waals surface area (Å²) in [6, 6.07) is 12.0. The van der Waals surface area contributed by atoms with E-state index in [-0.39, 0.29) is 16.9 Å². The van der Waals surface area contributed by atoms with Crippen LogP contribution in [0.1, 0.15) is 29.2 Å². The molecule has 0 aliphatic carbocycles. The van der Waals surface area contributed by atoms with Crippen LogP contribution in [0, 0.1) is 12.7 Å². The zero-order valence-electron chi connectivity index (χ0n) is 17.0. The summed E-state index contributed by atoms with van der Waals surface area (Å²) in [7, 11) is 0. The highest BCUT2D eigenvalue weighted by molar-refractivity contribution is 6.46. The number of carbonyl (C=O) groups is 2. The van der Waals surface area contributed by atoms with Gasteiger partial charge in [-0.25, -0.2) is 9.37 Å². The minimum Gasteiger partial charge on any atom is -0.507 e. The number of Topliss-reactive ketones (excluding diaryl/α,β-unsaturated/α-hetero) is 1. The number of aliphatic hydroxyl groups is 1. The van der Waals surface area contributed by atoms with Gasteiger partial charge in [-0.3, -0.25) is 9.59 Å². The lowest BCUT2D eigenvalue weighted by atomic mass is 9.94. The van der Waals surface area contributed by atoms with Gasteiger partial charge in [0, 0.05) is 31.0 Å². The van der Waals surface area contributed by atoms with Crippen molar-refractivity contribution in [2.45, 2.75) is 25.9 Å². The second-order valence-electron chi connectivity index (χ2n) is 7.56. The van der Waals surface area contributed by atoms with E-state index in [0.717, 1.165) is 11.1 Å². The molecule has 1 amide bonds. The zero-order chi connectivity index (χ0) is 22.0. The van der Waals surface area contributed by atoms with Crippen molar-refractivity contribution in [1.82, 2.24) is 14.5 Å². The highest BCUT2D eigenvalue weighted by Gasteiger charge is 2.45. The molecule has 0 bridgehead atoms. The Kier molecular flexibility index (Phi) is 5.66. The molecule has 7 heteroatoms. The largest absolute Gasteiger partial charge is 0.507 e. The van der Waals surface area contributed by atoms with E-state index < -0.39 is 23.5 Å². The number of aliphatic hydroxyl groups excluding tert-OH is 1. The predicted octanol–water partition coefficient (Wildman–Crippen LogP) is 3.84. The summed E-state index contributed by atoms with van der Waals surface area (Å²) in [6.07, 6.45) is 5.82. The summed E-state index contributed by atoms with van der Waals surface area (Å²) in [5.74, 6) is -2.15. The maximum Gasteiger partial charge on any atom is 0.295 e. The predicted molar refractivity (Wildman–Crippen MR) is 113 cm³/mol. The molecule has 1 aliphatic rings. The molecule has 0 unspecified atom stereocenters. The third-order valence-corrected chi connectivity index (χ3v) is 5.43. The topological polar surface area (TPSA) is 75.4 Å². The van der Waals surface area contributed by atoms with E-state index in [9.17, 15) is 19.1 Å². The van der Waals surface area contributed by atoms with E-state index in [4.69, 9.17) is 0 Å². The Hall–Kier alpha value is -3.74.